The smallest absolute Gasteiger partial charge is 0.407 e. The second-order valence-corrected chi connectivity index (χ2v) is 10.6. The summed E-state index contributed by atoms with van der Waals surface area (Å²) in [6.07, 6.45) is 3.32. The predicted molar refractivity (Wildman–Crippen MR) is 151 cm³/mol. The lowest BCUT2D eigenvalue weighted by Gasteiger charge is -2.51. The molecule has 0 unspecified atom stereocenters. The number of benzene rings is 2. The molecule has 1 atom stereocenters. The van der Waals surface area contributed by atoms with Gasteiger partial charge in [-0.3, -0.25) is 14.4 Å². The Bertz CT molecular complexity index is 1150. The number of unbranched alkanes of at least 4 members (excludes halogenated alkanes) is 1. The van der Waals surface area contributed by atoms with Crippen LogP contribution in [0.5, 0.6) is 0 Å². The fraction of sp³-hybridized carbons (Fsp3) is 0.484. The molecule has 2 saturated heterocycles. The van der Waals surface area contributed by atoms with Crippen LogP contribution in [0.4, 0.5) is 4.79 Å². The van der Waals surface area contributed by atoms with E-state index in [0.29, 0.717) is 64.7 Å². The zero-order chi connectivity index (χ0) is 28.4. The van der Waals surface area contributed by atoms with E-state index in [2.05, 4.69) is 10.6 Å². The van der Waals surface area contributed by atoms with Gasteiger partial charge in [0.1, 0.15) is 18.2 Å². The third-order valence-electron chi connectivity index (χ3n) is 7.80. The number of carbonyl (C=O) groups excluding carboxylic acids is 4. The zero-order valence-corrected chi connectivity index (χ0v) is 23.3. The van der Waals surface area contributed by atoms with Gasteiger partial charge in [0, 0.05) is 26.2 Å². The molecule has 0 aliphatic carbocycles. The van der Waals surface area contributed by atoms with E-state index in [1.807, 2.05) is 72.5 Å². The number of nitrogens with zero attached hydrogens (tertiary/aromatic N) is 2. The number of likely N-dealkylation sites (tertiary alicyclic amines) is 1. The highest BCUT2D eigenvalue weighted by atomic mass is 16.5. The molecule has 214 valence electrons. The second-order valence-electron chi connectivity index (χ2n) is 10.6. The maximum atomic E-state index is 13.5. The van der Waals surface area contributed by atoms with Crippen LogP contribution in [0.3, 0.4) is 0 Å². The van der Waals surface area contributed by atoms with Crippen LogP contribution in [0.2, 0.25) is 0 Å². The third kappa shape index (κ3) is 7.20. The first-order valence-electron chi connectivity index (χ1n) is 14.3. The molecule has 2 aliphatic rings. The third-order valence-corrected chi connectivity index (χ3v) is 7.80. The Hall–Kier alpha value is -3.88. The van der Waals surface area contributed by atoms with E-state index in [1.165, 1.54) is 0 Å². The van der Waals surface area contributed by atoms with Gasteiger partial charge in [-0.15, -0.1) is 0 Å². The van der Waals surface area contributed by atoms with Crippen LogP contribution in [-0.2, 0) is 32.1 Å². The molecule has 0 saturated carbocycles. The molecule has 0 radical (unpaired) electrons. The van der Waals surface area contributed by atoms with Crippen LogP contribution in [-0.4, -0.2) is 71.4 Å². The van der Waals surface area contributed by atoms with Crippen molar-refractivity contribution in [3.05, 3.63) is 71.8 Å². The summed E-state index contributed by atoms with van der Waals surface area (Å²) in [5.41, 5.74) is 0.980. The summed E-state index contributed by atoms with van der Waals surface area (Å²) in [6.45, 7) is 4.05. The molecule has 2 aliphatic heterocycles. The SMILES string of the molecule is CCCN1C(=O)[C@H](CCCCNC(=O)OCc2ccccc2)NC(=O)C12CCN(C(=O)Cc1ccccc1)CC2. The van der Waals surface area contributed by atoms with Crippen molar-refractivity contribution < 1.29 is 23.9 Å². The van der Waals surface area contributed by atoms with E-state index in [4.69, 9.17) is 4.74 Å². The van der Waals surface area contributed by atoms with Crippen molar-refractivity contribution in [2.24, 2.45) is 0 Å². The molecule has 2 heterocycles. The molecule has 0 aromatic heterocycles. The van der Waals surface area contributed by atoms with Gasteiger partial charge >= 0.3 is 6.09 Å². The molecule has 2 aromatic carbocycles. The lowest BCUT2D eigenvalue weighted by atomic mass is 9.81. The number of carbonyl (C=O) groups is 4. The highest BCUT2D eigenvalue weighted by Crippen LogP contribution is 2.34. The lowest BCUT2D eigenvalue weighted by molar-refractivity contribution is -0.162. The van der Waals surface area contributed by atoms with Crippen LogP contribution in [0, 0.1) is 0 Å². The first-order chi connectivity index (χ1) is 19.4. The molecule has 2 fully saturated rings. The van der Waals surface area contributed by atoms with Crippen molar-refractivity contribution in [2.75, 3.05) is 26.2 Å². The van der Waals surface area contributed by atoms with Gasteiger partial charge in [-0.25, -0.2) is 4.79 Å². The fourth-order valence-electron chi connectivity index (χ4n) is 5.56. The summed E-state index contributed by atoms with van der Waals surface area (Å²) in [6, 6.07) is 18.5. The number of piperidine rings is 1. The Kier molecular flexibility index (Phi) is 10.2. The van der Waals surface area contributed by atoms with E-state index >= 15 is 0 Å². The first-order valence-corrected chi connectivity index (χ1v) is 14.3. The monoisotopic (exact) mass is 548 g/mol. The Morgan fingerprint density at radius 3 is 2.27 bits per heavy atom. The van der Waals surface area contributed by atoms with E-state index in [9.17, 15) is 19.2 Å². The molecule has 2 aromatic rings. The average molecular weight is 549 g/mol. The van der Waals surface area contributed by atoms with E-state index < -0.39 is 17.7 Å². The Morgan fingerprint density at radius 1 is 0.975 bits per heavy atom. The summed E-state index contributed by atoms with van der Waals surface area (Å²) >= 11 is 0. The molecule has 1 spiro atoms. The van der Waals surface area contributed by atoms with Gasteiger partial charge in [0.2, 0.25) is 17.7 Å². The Labute approximate surface area is 236 Å². The van der Waals surface area contributed by atoms with Crippen molar-refractivity contribution >= 4 is 23.8 Å². The minimum atomic E-state index is -0.906. The van der Waals surface area contributed by atoms with Gasteiger partial charge in [0.25, 0.3) is 0 Å². The van der Waals surface area contributed by atoms with Crippen LogP contribution < -0.4 is 10.6 Å². The summed E-state index contributed by atoms with van der Waals surface area (Å²) < 4.78 is 5.22. The number of rotatable bonds is 11. The molecular weight excluding hydrogens is 508 g/mol. The molecule has 0 bridgehead atoms. The molecule has 40 heavy (non-hydrogen) atoms. The van der Waals surface area contributed by atoms with Gasteiger partial charge < -0.3 is 25.2 Å². The normalized spacial score (nSPS) is 18.4. The number of ether oxygens (including phenoxy) is 1. The largest absolute Gasteiger partial charge is 0.445 e. The maximum Gasteiger partial charge on any atom is 0.407 e. The van der Waals surface area contributed by atoms with Gasteiger partial charge in [-0.1, -0.05) is 67.6 Å². The highest BCUT2D eigenvalue weighted by molar-refractivity contribution is 6.00. The Balaban J connectivity index is 1.23. The molecule has 9 nitrogen and oxygen atoms in total. The van der Waals surface area contributed by atoms with E-state index in [0.717, 1.165) is 17.5 Å². The number of piperazine rings is 1. The predicted octanol–water partition coefficient (Wildman–Crippen LogP) is 3.42. The van der Waals surface area contributed by atoms with Gasteiger partial charge in [-0.2, -0.15) is 0 Å². The molecule has 2 N–H and O–H groups in total. The molecule has 4 amide bonds. The van der Waals surface area contributed by atoms with Crippen molar-refractivity contribution in [2.45, 2.75) is 70.1 Å². The Morgan fingerprint density at radius 2 is 1.62 bits per heavy atom. The average Bonchev–Trinajstić information content (AvgIpc) is 2.98. The minimum Gasteiger partial charge on any atom is -0.445 e. The topological polar surface area (TPSA) is 108 Å². The number of alkyl carbamates (subject to hydrolysis) is 1. The molecular formula is C31H40N4O5. The minimum absolute atomic E-state index is 0.0427. The van der Waals surface area contributed by atoms with Gasteiger partial charge in [-0.05, 0) is 49.7 Å². The summed E-state index contributed by atoms with van der Waals surface area (Å²) in [4.78, 5) is 55.4. The van der Waals surface area contributed by atoms with Crippen LogP contribution in [0.25, 0.3) is 0 Å². The van der Waals surface area contributed by atoms with Crippen LogP contribution >= 0.6 is 0 Å². The number of hydrogen-bond acceptors (Lipinski definition) is 5. The number of hydrogen-bond donors (Lipinski definition) is 2. The lowest BCUT2D eigenvalue weighted by Crippen LogP contribution is -2.73. The maximum absolute atomic E-state index is 13.5. The van der Waals surface area contributed by atoms with Crippen LogP contribution in [0.15, 0.2) is 60.7 Å². The molecule has 9 heteroatoms. The number of nitrogens with one attached hydrogen (secondary N) is 2. The van der Waals surface area contributed by atoms with Crippen molar-refractivity contribution in [3.63, 3.8) is 0 Å². The van der Waals surface area contributed by atoms with E-state index in [-0.39, 0.29) is 24.3 Å². The first kappa shape index (κ1) is 29.1. The van der Waals surface area contributed by atoms with Gasteiger partial charge in [0.15, 0.2) is 0 Å². The summed E-state index contributed by atoms with van der Waals surface area (Å²) in [7, 11) is 0. The quantitative estimate of drug-likeness (QED) is 0.419. The zero-order valence-electron chi connectivity index (χ0n) is 23.3. The van der Waals surface area contributed by atoms with Crippen molar-refractivity contribution in [1.82, 2.24) is 20.4 Å². The van der Waals surface area contributed by atoms with Crippen LogP contribution in [0.1, 0.15) is 56.6 Å². The second kappa shape index (κ2) is 14.0. The van der Waals surface area contributed by atoms with Gasteiger partial charge in [0.05, 0.1) is 6.42 Å². The van der Waals surface area contributed by atoms with Crippen molar-refractivity contribution in [1.29, 1.82) is 0 Å². The summed E-state index contributed by atoms with van der Waals surface area (Å²) in [5.74, 6) is -0.134. The fourth-order valence-corrected chi connectivity index (χ4v) is 5.56. The highest BCUT2D eigenvalue weighted by Gasteiger charge is 2.53. The molecule has 4 rings (SSSR count). The van der Waals surface area contributed by atoms with Crippen molar-refractivity contribution in [3.8, 4) is 0 Å². The summed E-state index contributed by atoms with van der Waals surface area (Å²) in [5, 5.41) is 5.73. The number of amides is 4. The standard InChI is InChI=1S/C31H40N4O5/c1-2-19-35-28(37)26(15-9-10-18-32-30(39)40-23-25-13-7-4-8-14-25)33-29(38)31(35)16-20-34(21-17-31)27(36)22-24-11-5-3-6-12-24/h3-8,11-14,26H,2,9-10,15-23H2,1H3,(H,32,39)(H,33,38)/t26-/m0/s1. The van der Waals surface area contributed by atoms with E-state index in [1.54, 1.807) is 4.90 Å².